The molecule has 1 aliphatic rings. The predicted octanol–water partition coefficient (Wildman–Crippen LogP) is 3.31. The lowest BCUT2D eigenvalue weighted by Gasteiger charge is -2.35. The van der Waals surface area contributed by atoms with Crippen molar-refractivity contribution in [1.29, 1.82) is 0 Å². The Morgan fingerprint density at radius 1 is 1.07 bits per heavy atom. The quantitative estimate of drug-likeness (QED) is 0.880. The second kappa shape index (κ2) is 8.52. The molecule has 1 aliphatic heterocycles. The maximum atomic E-state index is 13.3. The maximum absolute atomic E-state index is 13.3. The Morgan fingerprint density at radius 2 is 1.68 bits per heavy atom. The highest BCUT2D eigenvalue weighted by atomic mass is 19.1. The van der Waals surface area contributed by atoms with Crippen molar-refractivity contribution < 1.29 is 18.7 Å². The number of nitrogens with one attached hydrogen (secondary N) is 1. The Balaban J connectivity index is 1.59. The van der Waals surface area contributed by atoms with Crippen molar-refractivity contribution in [2.45, 2.75) is 39.5 Å². The minimum absolute atomic E-state index is 0.0145. The van der Waals surface area contributed by atoms with Crippen LogP contribution in [0.5, 0.6) is 0 Å². The van der Waals surface area contributed by atoms with Gasteiger partial charge in [-0.05, 0) is 62.2 Å². The molecule has 1 fully saturated rings. The fourth-order valence-electron chi connectivity index (χ4n) is 3.36. The van der Waals surface area contributed by atoms with Crippen LogP contribution in [0.3, 0.4) is 0 Å². The van der Waals surface area contributed by atoms with Crippen molar-refractivity contribution in [2.75, 3.05) is 13.1 Å². The molecule has 0 aromatic heterocycles. The molecule has 1 saturated heterocycles. The Morgan fingerprint density at radius 3 is 2.29 bits per heavy atom. The molecular weight excluding hydrogens is 359 g/mol. The van der Waals surface area contributed by atoms with Crippen LogP contribution < -0.4 is 5.32 Å². The van der Waals surface area contributed by atoms with Crippen LogP contribution in [0.4, 0.5) is 4.39 Å². The molecular formula is C22H25FN2O3. The molecule has 0 radical (unpaired) electrons. The molecule has 1 N–H and O–H groups in total. The van der Waals surface area contributed by atoms with Gasteiger partial charge in [-0.1, -0.05) is 12.1 Å². The highest BCUT2D eigenvalue weighted by molar-refractivity contribution is 5.95. The zero-order valence-electron chi connectivity index (χ0n) is 16.4. The highest BCUT2D eigenvalue weighted by Gasteiger charge is 2.26. The van der Waals surface area contributed by atoms with Crippen molar-refractivity contribution in [1.82, 2.24) is 10.2 Å². The highest BCUT2D eigenvalue weighted by Crippen LogP contribution is 2.15. The Labute approximate surface area is 164 Å². The Hall–Kier alpha value is -2.73. The molecule has 0 saturated carbocycles. The van der Waals surface area contributed by atoms with E-state index < -0.39 is 0 Å². The van der Waals surface area contributed by atoms with Crippen LogP contribution in [0.15, 0.2) is 42.5 Å². The molecule has 148 valence electrons. The summed E-state index contributed by atoms with van der Waals surface area (Å²) < 4.78 is 19.0. The predicted molar refractivity (Wildman–Crippen MR) is 105 cm³/mol. The zero-order valence-corrected chi connectivity index (χ0v) is 16.4. The third kappa shape index (κ3) is 4.75. The van der Waals surface area contributed by atoms with E-state index in [0.29, 0.717) is 36.3 Å². The summed E-state index contributed by atoms with van der Waals surface area (Å²) in [5, 5.41) is 2.81. The molecule has 0 aliphatic carbocycles. The standard InChI is InChI=1S/C22H25FN2O3/c1-14-10-19(8-9-20(14)23)21(26)24-11-17-4-6-18(7-5-17)22(27)25-12-15(2)28-16(3)13-25/h4-10,15-16H,11-13H2,1-3H3,(H,24,26). The summed E-state index contributed by atoms with van der Waals surface area (Å²) in [5.41, 5.74) is 2.35. The molecule has 2 aromatic rings. The van der Waals surface area contributed by atoms with Gasteiger partial charge in [0.05, 0.1) is 12.2 Å². The number of carbonyl (C=O) groups excluding carboxylic acids is 2. The Kier molecular flexibility index (Phi) is 6.09. The zero-order chi connectivity index (χ0) is 20.3. The van der Waals surface area contributed by atoms with Crippen LogP contribution in [0.25, 0.3) is 0 Å². The first-order valence-corrected chi connectivity index (χ1v) is 9.41. The number of halogens is 1. The number of carbonyl (C=O) groups is 2. The largest absolute Gasteiger partial charge is 0.372 e. The van der Waals surface area contributed by atoms with E-state index in [1.165, 1.54) is 18.2 Å². The van der Waals surface area contributed by atoms with Crippen LogP contribution in [0.1, 0.15) is 45.7 Å². The van der Waals surface area contributed by atoms with E-state index in [9.17, 15) is 14.0 Å². The molecule has 0 bridgehead atoms. The summed E-state index contributed by atoms with van der Waals surface area (Å²) in [6.07, 6.45) is 0.0505. The molecule has 2 unspecified atom stereocenters. The third-order valence-corrected chi connectivity index (χ3v) is 4.78. The van der Waals surface area contributed by atoms with Crippen molar-refractivity contribution in [3.63, 3.8) is 0 Å². The number of benzene rings is 2. The van der Waals surface area contributed by atoms with Gasteiger partial charge in [-0.25, -0.2) is 4.39 Å². The fraction of sp³-hybridized carbons (Fsp3) is 0.364. The summed E-state index contributed by atoms with van der Waals surface area (Å²) in [6.45, 7) is 7.04. The SMILES string of the molecule is Cc1cc(C(=O)NCc2ccc(C(=O)N3CC(C)OC(C)C3)cc2)ccc1F. The van der Waals surface area contributed by atoms with Gasteiger partial charge in [0.1, 0.15) is 5.82 Å². The first-order chi connectivity index (χ1) is 13.3. The van der Waals surface area contributed by atoms with Gasteiger partial charge < -0.3 is 15.0 Å². The lowest BCUT2D eigenvalue weighted by molar-refractivity contribution is -0.0586. The summed E-state index contributed by atoms with van der Waals surface area (Å²) >= 11 is 0. The molecule has 6 heteroatoms. The number of hydrogen-bond acceptors (Lipinski definition) is 3. The fourth-order valence-corrected chi connectivity index (χ4v) is 3.36. The van der Waals surface area contributed by atoms with E-state index in [1.54, 1.807) is 19.1 Å². The van der Waals surface area contributed by atoms with Gasteiger partial charge in [-0.15, -0.1) is 0 Å². The molecule has 2 amide bonds. The second-order valence-corrected chi connectivity index (χ2v) is 7.31. The number of amides is 2. The monoisotopic (exact) mass is 384 g/mol. The van der Waals surface area contributed by atoms with Crippen molar-refractivity contribution >= 4 is 11.8 Å². The van der Waals surface area contributed by atoms with Crippen LogP contribution in [0.2, 0.25) is 0 Å². The minimum atomic E-state index is -0.333. The van der Waals surface area contributed by atoms with Crippen LogP contribution in [-0.2, 0) is 11.3 Å². The van der Waals surface area contributed by atoms with E-state index in [0.717, 1.165) is 5.56 Å². The minimum Gasteiger partial charge on any atom is -0.372 e. The van der Waals surface area contributed by atoms with Gasteiger partial charge in [-0.2, -0.15) is 0 Å². The van der Waals surface area contributed by atoms with Gasteiger partial charge in [0.2, 0.25) is 0 Å². The van der Waals surface area contributed by atoms with E-state index in [4.69, 9.17) is 4.74 Å². The van der Waals surface area contributed by atoms with Gasteiger partial charge in [0.15, 0.2) is 0 Å². The van der Waals surface area contributed by atoms with Crippen LogP contribution in [0, 0.1) is 12.7 Å². The van der Waals surface area contributed by atoms with E-state index in [-0.39, 0.29) is 29.8 Å². The topological polar surface area (TPSA) is 58.6 Å². The second-order valence-electron chi connectivity index (χ2n) is 7.31. The van der Waals surface area contributed by atoms with Crippen LogP contribution >= 0.6 is 0 Å². The summed E-state index contributed by atoms with van der Waals surface area (Å²) in [5.74, 6) is -0.611. The van der Waals surface area contributed by atoms with E-state index in [2.05, 4.69) is 5.32 Å². The van der Waals surface area contributed by atoms with E-state index in [1.807, 2.05) is 30.9 Å². The van der Waals surface area contributed by atoms with Crippen LogP contribution in [-0.4, -0.2) is 42.0 Å². The van der Waals surface area contributed by atoms with Crippen molar-refractivity contribution in [2.24, 2.45) is 0 Å². The number of rotatable bonds is 4. The summed E-state index contributed by atoms with van der Waals surface area (Å²) in [4.78, 5) is 26.7. The normalized spacial score (nSPS) is 19.4. The number of nitrogens with zero attached hydrogens (tertiary/aromatic N) is 1. The average Bonchev–Trinajstić information content (AvgIpc) is 2.67. The average molecular weight is 384 g/mol. The molecule has 0 spiro atoms. The molecule has 2 aromatic carbocycles. The van der Waals surface area contributed by atoms with Gasteiger partial charge in [0, 0.05) is 30.8 Å². The first-order valence-electron chi connectivity index (χ1n) is 9.41. The summed E-state index contributed by atoms with van der Waals surface area (Å²) in [6, 6.07) is 11.5. The molecule has 28 heavy (non-hydrogen) atoms. The van der Waals surface area contributed by atoms with E-state index >= 15 is 0 Å². The third-order valence-electron chi connectivity index (χ3n) is 4.78. The molecule has 3 rings (SSSR count). The first kappa shape index (κ1) is 20.0. The lowest BCUT2D eigenvalue weighted by Crippen LogP contribution is -2.48. The Bertz CT molecular complexity index is 857. The van der Waals surface area contributed by atoms with Gasteiger partial charge >= 0.3 is 0 Å². The lowest BCUT2D eigenvalue weighted by atomic mass is 10.1. The molecule has 1 heterocycles. The summed E-state index contributed by atoms with van der Waals surface area (Å²) in [7, 11) is 0. The molecule has 5 nitrogen and oxygen atoms in total. The molecule has 2 atom stereocenters. The van der Waals surface area contributed by atoms with Gasteiger partial charge in [-0.3, -0.25) is 9.59 Å². The number of morpholine rings is 1. The maximum Gasteiger partial charge on any atom is 0.254 e. The van der Waals surface area contributed by atoms with Crippen molar-refractivity contribution in [3.05, 3.63) is 70.5 Å². The number of aryl methyl sites for hydroxylation is 1. The number of hydrogen-bond donors (Lipinski definition) is 1. The van der Waals surface area contributed by atoms with Gasteiger partial charge in [0.25, 0.3) is 11.8 Å². The number of ether oxygens (including phenoxy) is 1. The smallest absolute Gasteiger partial charge is 0.254 e. The van der Waals surface area contributed by atoms with Crippen molar-refractivity contribution in [3.8, 4) is 0 Å².